The maximum atomic E-state index is 13.4. The highest BCUT2D eigenvalue weighted by molar-refractivity contribution is 7.91. The fourth-order valence-electron chi connectivity index (χ4n) is 2.82. The first-order valence-electron chi connectivity index (χ1n) is 9.56. The zero-order valence-corrected chi connectivity index (χ0v) is 20.4. The van der Waals surface area contributed by atoms with Gasteiger partial charge in [-0.05, 0) is 71.7 Å². The molecule has 1 aromatic rings. The quantitative estimate of drug-likeness (QED) is 0.548. The number of carbonyl (C=O) groups excluding carboxylic acids is 1. The van der Waals surface area contributed by atoms with Gasteiger partial charge >= 0.3 is 5.97 Å². The Balaban J connectivity index is 3.13. The Hall–Kier alpha value is -1.31. The molecule has 1 rings (SSSR count). The van der Waals surface area contributed by atoms with Crippen LogP contribution < -0.4 is 4.74 Å². The van der Waals surface area contributed by atoms with E-state index in [4.69, 9.17) is 21.1 Å². The first-order chi connectivity index (χ1) is 12.9. The first kappa shape index (κ1) is 25.7. The van der Waals surface area contributed by atoms with Gasteiger partial charge in [-0.25, -0.2) is 12.7 Å². The van der Waals surface area contributed by atoms with Gasteiger partial charge < -0.3 is 9.47 Å². The number of nitrogens with zero attached hydrogens (tertiary/aromatic N) is 1. The molecule has 8 heteroatoms. The van der Waals surface area contributed by atoms with Crippen molar-refractivity contribution in [2.24, 2.45) is 5.92 Å². The highest BCUT2D eigenvalue weighted by Gasteiger charge is 2.53. The summed E-state index contributed by atoms with van der Waals surface area (Å²) in [5, 5.41) is 0.583. The van der Waals surface area contributed by atoms with Gasteiger partial charge in [0.25, 0.3) is 0 Å². The molecule has 1 unspecified atom stereocenters. The van der Waals surface area contributed by atoms with Crippen LogP contribution in [-0.4, -0.2) is 48.2 Å². The number of esters is 1. The van der Waals surface area contributed by atoms with Crippen molar-refractivity contribution in [3.63, 3.8) is 0 Å². The van der Waals surface area contributed by atoms with E-state index in [1.54, 1.807) is 72.7 Å². The van der Waals surface area contributed by atoms with E-state index in [0.717, 1.165) is 0 Å². The molecule has 0 aliphatic heterocycles. The summed E-state index contributed by atoms with van der Waals surface area (Å²) >= 11 is 5.90. The predicted octanol–water partition coefficient (Wildman–Crippen LogP) is 4.52. The zero-order chi connectivity index (χ0) is 22.8. The van der Waals surface area contributed by atoms with E-state index in [9.17, 15) is 13.2 Å². The topological polar surface area (TPSA) is 72.9 Å². The molecular weight excluding hydrogens is 414 g/mol. The lowest BCUT2D eigenvalue weighted by atomic mass is 9.97. The Kier molecular flexibility index (Phi) is 7.82. The molecule has 0 aliphatic rings. The van der Waals surface area contributed by atoms with Gasteiger partial charge in [-0.2, -0.15) is 0 Å². The van der Waals surface area contributed by atoms with Crippen molar-refractivity contribution in [3.8, 4) is 5.75 Å². The molecular formula is C21H34ClNO5S. The number of sulfonamides is 1. The van der Waals surface area contributed by atoms with Crippen LogP contribution in [0.4, 0.5) is 0 Å². The lowest BCUT2D eigenvalue weighted by Gasteiger charge is -2.38. The molecule has 0 amide bonds. The lowest BCUT2D eigenvalue weighted by molar-refractivity contribution is -0.159. The lowest BCUT2D eigenvalue weighted by Crippen LogP contribution is -2.57. The number of carbonyl (C=O) groups is 1. The van der Waals surface area contributed by atoms with E-state index in [-0.39, 0.29) is 6.54 Å². The second-order valence-corrected chi connectivity index (χ2v) is 12.2. The molecule has 0 bridgehead atoms. The number of halogens is 1. The van der Waals surface area contributed by atoms with Crippen LogP contribution in [0.15, 0.2) is 24.3 Å². The van der Waals surface area contributed by atoms with Crippen LogP contribution in [0.5, 0.6) is 5.75 Å². The minimum Gasteiger partial charge on any atom is -0.486 e. The number of likely N-dealkylation sites (N-methyl/N-ethyl adjacent to an activating group) is 1. The second kappa shape index (κ2) is 8.82. The van der Waals surface area contributed by atoms with Gasteiger partial charge in [-0.15, -0.1) is 0 Å². The minimum atomic E-state index is -4.05. The van der Waals surface area contributed by atoms with Crippen molar-refractivity contribution in [3.05, 3.63) is 29.3 Å². The van der Waals surface area contributed by atoms with Gasteiger partial charge in [0.15, 0.2) is 4.75 Å². The fraction of sp³-hybridized carbons (Fsp3) is 0.667. The fourth-order valence-corrected chi connectivity index (χ4v) is 4.92. The Morgan fingerprint density at radius 3 is 1.97 bits per heavy atom. The van der Waals surface area contributed by atoms with Crippen molar-refractivity contribution < 1.29 is 22.7 Å². The standard InChI is InChI=1S/C21H34ClNO5S/c1-15(2)21(8,18(24)28-19(3,4)5)29(25,26)23(9)14-20(6,7)27-17-12-10-16(22)11-13-17/h10-13,15H,14H2,1-9H3. The number of ether oxygens (including phenoxy) is 2. The van der Waals surface area contributed by atoms with E-state index in [0.29, 0.717) is 10.8 Å². The molecule has 0 N–H and O–H groups in total. The SMILES string of the molecule is CC(C)C(C)(C(=O)OC(C)(C)C)S(=O)(=O)N(C)CC(C)(C)Oc1ccc(Cl)cc1. The van der Waals surface area contributed by atoms with Gasteiger partial charge in [-0.1, -0.05) is 25.4 Å². The number of hydrogen-bond acceptors (Lipinski definition) is 5. The molecule has 0 spiro atoms. The molecule has 0 saturated heterocycles. The van der Waals surface area contributed by atoms with Crippen LogP contribution in [0.2, 0.25) is 5.02 Å². The molecule has 1 atom stereocenters. The normalized spacial score (nSPS) is 15.3. The molecule has 0 radical (unpaired) electrons. The number of hydrogen-bond donors (Lipinski definition) is 0. The van der Waals surface area contributed by atoms with Gasteiger partial charge in [0, 0.05) is 12.1 Å². The summed E-state index contributed by atoms with van der Waals surface area (Å²) in [6.07, 6.45) is 0. The largest absolute Gasteiger partial charge is 0.486 e. The zero-order valence-electron chi connectivity index (χ0n) is 18.9. The van der Waals surface area contributed by atoms with E-state index < -0.39 is 37.9 Å². The average Bonchev–Trinajstić information content (AvgIpc) is 2.53. The summed E-state index contributed by atoms with van der Waals surface area (Å²) in [5.41, 5.74) is -1.64. The first-order valence-corrected chi connectivity index (χ1v) is 11.4. The summed E-state index contributed by atoms with van der Waals surface area (Å²) < 4.78 is 37.7. The van der Waals surface area contributed by atoms with Gasteiger partial charge in [0.2, 0.25) is 10.0 Å². The van der Waals surface area contributed by atoms with E-state index in [2.05, 4.69) is 0 Å². The van der Waals surface area contributed by atoms with Crippen molar-refractivity contribution in [1.29, 1.82) is 0 Å². The van der Waals surface area contributed by atoms with Crippen molar-refractivity contribution >= 4 is 27.6 Å². The van der Waals surface area contributed by atoms with Crippen LogP contribution in [0.3, 0.4) is 0 Å². The van der Waals surface area contributed by atoms with Crippen LogP contribution in [0, 0.1) is 5.92 Å². The molecule has 1 aromatic carbocycles. The number of rotatable bonds is 8. The molecule has 0 heterocycles. The highest BCUT2D eigenvalue weighted by atomic mass is 35.5. The third kappa shape index (κ3) is 6.33. The summed E-state index contributed by atoms with van der Waals surface area (Å²) in [6.45, 7) is 13.6. The summed E-state index contributed by atoms with van der Waals surface area (Å²) in [4.78, 5) is 12.9. The maximum absolute atomic E-state index is 13.4. The molecule has 0 fully saturated rings. The van der Waals surface area contributed by atoms with Crippen molar-refractivity contribution in [2.45, 2.75) is 71.3 Å². The summed E-state index contributed by atoms with van der Waals surface area (Å²) in [5.74, 6) is -0.683. The second-order valence-electron chi connectivity index (χ2n) is 9.34. The van der Waals surface area contributed by atoms with Crippen molar-refractivity contribution in [2.75, 3.05) is 13.6 Å². The minimum absolute atomic E-state index is 0.0447. The molecule has 6 nitrogen and oxygen atoms in total. The van der Waals surface area contributed by atoms with Crippen molar-refractivity contribution in [1.82, 2.24) is 4.31 Å². The van der Waals surface area contributed by atoms with E-state index in [1.165, 1.54) is 18.3 Å². The molecule has 0 aliphatic carbocycles. The third-order valence-electron chi connectivity index (χ3n) is 4.66. The Morgan fingerprint density at radius 2 is 1.55 bits per heavy atom. The van der Waals surface area contributed by atoms with Crippen LogP contribution in [-0.2, 0) is 19.6 Å². The summed E-state index contributed by atoms with van der Waals surface area (Å²) in [6, 6.07) is 6.84. The van der Waals surface area contributed by atoms with Gasteiger partial charge in [-0.3, -0.25) is 4.79 Å². The third-order valence-corrected chi connectivity index (χ3v) is 7.57. The highest BCUT2D eigenvalue weighted by Crippen LogP contribution is 2.33. The van der Waals surface area contributed by atoms with Gasteiger partial charge in [0.05, 0.1) is 6.54 Å². The Morgan fingerprint density at radius 1 is 1.07 bits per heavy atom. The molecule has 0 saturated carbocycles. The van der Waals surface area contributed by atoms with Crippen LogP contribution >= 0.6 is 11.6 Å². The monoisotopic (exact) mass is 447 g/mol. The molecule has 0 aromatic heterocycles. The Bertz CT molecular complexity index is 812. The molecule has 29 heavy (non-hydrogen) atoms. The Labute approximate surface area is 180 Å². The average molecular weight is 448 g/mol. The number of benzene rings is 1. The van der Waals surface area contributed by atoms with E-state index >= 15 is 0 Å². The van der Waals surface area contributed by atoms with Crippen LogP contribution in [0.1, 0.15) is 55.4 Å². The van der Waals surface area contributed by atoms with Crippen LogP contribution in [0.25, 0.3) is 0 Å². The smallest absolute Gasteiger partial charge is 0.329 e. The van der Waals surface area contributed by atoms with Gasteiger partial charge in [0.1, 0.15) is 17.0 Å². The predicted molar refractivity (Wildman–Crippen MR) is 117 cm³/mol. The van der Waals surface area contributed by atoms with E-state index in [1.807, 2.05) is 0 Å². The summed E-state index contributed by atoms with van der Waals surface area (Å²) in [7, 11) is -2.59. The molecule has 166 valence electrons. The maximum Gasteiger partial charge on any atom is 0.329 e.